The second-order valence-corrected chi connectivity index (χ2v) is 8.40. The fourth-order valence-corrected chi connectivity index (χ4v) is 4.53. The summed E-state index contributed by atoms with van der Waals surface area (Å²) in [4.78, 5) is 44.3. The molecule has 1 N–H and O–H groups in total. The van der Waals surface area contributed by atoms with Gasteiger partial charge in [-0.2, -0.15) is 0 Å². The molecule has 1 atom stereocenters. The standard InChI is InChI=1S/C25H23N3O4/c1-15-10-11-19-17(12-15)24(16-6-2-3-7-18(16)26-19)25(31)32-14-23(30)28-13-22(29)27-20-8-4-5-9-21(20)28/h2-9,15H,10-14H2,1H3,(H,27,29). The van der Waals surface area contributed by atoms with Crippen molar-refractivity contribution in [3.63, 3.8) is 0 Å². The second-order valence-electron chi connectivity index (χ2n) is 8.40. The van der Waals surface area contributed by atoms with Crippen molar-refractivity contribution in [2.75, 3.05) is 23.4 Å². The van der Waals surface area contributed by atoms with Crippen LogP contribution >= 0.6 is 0 Å². The zero-order valence-corrected chi connectivity index (χ0v) is 17.8. The van der Waals surface area contributed by atoms with Crippen molar-refractivity contribution >= 4 is 40.1 Å². The number of rotatable bonds is 3. The highest BCUT2D eigenvalue weighted by molar-refractivity contribution is 6.11. The van der Waals surface area contributed by atoms with Crippen LogP contribution in [0.2, 0.25) is 0 Å². The molecule has 0 fully saturated rings. The largest absolute Gasteiger partial charge is 0.452 e. The van der Waals surface area contributed by atoms with E-state index in [-0.39, 0.29) is 12.5 Å². The first-order valence-corrected chi connectivity index (χ1v) is 10.8. The maximum atomic E-state index is 13.2. The van der Waals surface area contributed by atoms with Gasteiger partial charge in [-0.05, 0) is 48.9 Å². The number of aryl methyl sites for hydroxylation is 1. The number of esters is 1. The number of carbonyl (C=O) groups excluding carboxylic acids is 3. The Balaban J connectivity index is 1.42. The maximum absolute atomic E-state index is 13.2. The molecule has 1 aliphatic carbocycles. The molecular formula is C25H23N3O4. The van der Waals surface area contributed by atoms with E-state index < -0.39 is 18.5 Å². The van der Waals surface area contributed by atoms with Crippen LogP contribution in [0.5, 0.6) is 0 Å². The Morgan fingerprint density at radius 3 is 2.81 bits per heavy atom. The molecule has 0 saturated heterocycles. The molecule has 1 unspecified atom stereocenters. The quantitative estimate of drug-likeness (QED) is 0.644. The van der Waals surface area contributed by atoms with E-state index in [0.29, 0.717) is 22.9 Å². The Bertz CT molecular complexity index is 1250. The smallest absolute Gasteiger partial charge is 0.339 e. The molecule has 7 heteroatoms. The minimum atomic E-state index is -0.531. The molecule has 2 aromatic carbocycles. The van der Waals surface area contributed by atoms with E-state index in [1.807, 2.05) is 24.3 Å². The Labute approximate surface area is 185 Å². The maximum Gasteiger partial charge on any atom is 0.339 e. The van der Waals surface area contributed by atoms with Crippen LogP contribution in [0.15, 0.2) is 48.5 Å². The predicted molar refractivity (Wildman–Crippen MR) is 121 cm³/mol. The number of anilines is 2. The molecule has 32 heavy (non-hydrogen) atoms. The highest BCUT2D eigenvalue weighted by Crippen LogP contribution is 2.32. The van der Waals surface area contributed by atoms with Gasteiger partial charge in [-0.15, -0.1) is 0 Å². The first-order valence-electron chi connectivity index (χ1n) is 10.8. The highest BCUT2D eigenvalue weighted by atomic mass is 16.5. The number of pyridine rings is 1. The molecule has 7 nitrogen and oxygen atoms in total. The van der Waals surface area contributed by atoms with Gasteiger partial charge in [0.1, 0.15) is 6.54 Å². The molecule has 2 heterocycles. The Kier molecular flexibility index (Phi) is 5.09. The summed E-state index contributed by atoms with van der Waals surface area (Å²) in [5.74, 6) is -0.813. The predicted octanol–water partition coefficient (Wildman–Crippen LogP) is 3.50. The van der Waals surface area contributed by atoms with Gasteiger partial charge in [0.05, 0.1) is 22.5 Å². The number of para-hydroxylation sites is 3. The van der Waals surface area contributed by atoms with Gasteiger partial charge >= 0.3 is 5.97 Å². The summed E-state index contributed by atoms with van der Waals surface area (Å²) in [6, 6.07) is 14.6. The van der Waals surface area contributed by atoms with E-state index in [1.54, 1.807) is 24.3 Å². The molecular weight excluding hydrogens is 406 g/mol. The number of aromatic nitrogens is 1. The summed E-state index contributed by atoms with van der Waals surface area (Å²) in [6.45, 7) is 1.61. The van der Waals surface area contributed by atoms with Gasteiger partial charge in [-0.3, -0.25) is 19.5 Å². The van der Waals surface area contributed by atoms with Crippen LogP contribution in [0, 0.1) is 5.92 Å². The first-order chi connectivity index (χ1) is 15.5. The Morgan fingerprint density at radius 2 is 1.94 bits per heavy atom. The minimum Gasteiger partial charge on any atom is -0.452 e. The summed E-state index contributed by atoms with van der Waals surface area (Å²) < 4.78 is 5.51. The number of fused-ring (bicyclic) bond motifs is 3. The molecule has 2 amide bonds. The highest BCUT2D eigenvalue weighted by Gasteiger charge is 2.29. The van der Waals surface area contributed by atoms with Crippen LogP contribution < -0.4 is 10.2 Å². The van der Waals surface area contributed by atoms with Crippen molar-refractivity contribution < 1.29 is 19.1 Å². The zero-order valence-electron chi connectivity index (χ0n) is 17.8. The molecule has 1 aliphatic heterocycles. The summed E-state index contributed by atoms with van der Waals surface area (Å²) in [5, 5.41) is 3.48. The van der Waals surface area contributed by atoms with E-state index >= 15 is 0 Å². The third-order valence-corrected chi connectivity index (χ3v) is 6.11. The van der Waals surface area contributed by atoms with Crippen LogP contribution in [0.3, 0.4) is 0 Å². The summed E-state index contributed by atoms with van der Waals surface area (Å²) in [6.07, 6.45) is 2.60. The Morgan fingerprint density at radius 1 is 1.16 bits per heavy atom. The fourth-order valence-electron chi connectivity index (χ4n) is 4.53. The second kappa shape index (κ2) is 8.07. The van der Waals surface area contributed by atoms with Crippen molar-refractivity contribution in [3.05, 3.63) is 65.4 Å². The number of carbonyl (C=O) groups is 3. The van der Waals surface area contributed by atoms with Crippen LogP contribution in [0.4, 0.5) is 11.4 Å². The molecule has 0 radical (unpaired) electrons. The number of ether oxygens (including phenoxy) is 1. The molecule has 1 aromatic heterocycles. The first kappa shape index (κ1) is 20.2. The van der Waals surface area contributed by atoms with Gasteiger partial charge < -0.3 is 10.1 Å². The molecule has 2 aliphatic rings. The van der Waals surface area contributed by atoms with E-state index in [1.165, 1.54) is 4.90 Å². The van der Waals surface area contributed by atoms with Crippen molar-refractivity contribution in [2.24, 2.45) is 5.92 Å². The lowest BCUT2D eigenvalue weighted by Gasteiger charge is -2.29. The fraction of sp³-hybridized carbons (Fsp3) is 0.280. The van der Waals surface area contributed by atoms with Gasteiger partial charge in [0.2, 0.25) is 5.91 Å². The van der Waals surface area contributed by atoms with Crippen molar-refractivity contribution in [1.82, 2.24) is 4.98 Å². The minimum absolute atomic E-state index is 0.113. The van der Waals surface area contributed by atoms with Crippen LogP contribution in [-0.2, 0) is 27.2 Å². The molecule has 0 spiro atoms. The average Bonchev–Trinajstić information content (AvgIpc) is 2.80. The monoisotopic (exact) mass is 429 g/mol. The van der Waals surface area contributed by atoms with Gasteiger partial charge in [0.25, 0.3) is 5.91 Å². The van der Waals surface area contributed by atoms with E-state index in [4.69, 9.17) is 9.72 Å². The lowest BCUT2D eigenvalue weighted by atomic mass is 9.84. The number of amides is 2. The van der Waals surface area contributed by atoms with Crippen LogP contribution in [0.1, 0.15) is 35.0 Å². The molecule has 162 valence electrons. The molecule has 0 saturated carbocycles. The molecule has 3 aromatic rings. The molecule has 5 rings (SSSR count). The van der Waals surface area contributed by atoms with Gasteiger partial charge in [-0.25, -0.2) is 4.79 Å². The summed E-state index contributed by atoms with van der Waals surface area (Å²) in [5.41, 5.74) is 4.26. The summed E-state index contributed by atoms with van der Waals surface area (Å²) >= 11 is 0. The number of benzene rings is 2. The third kappa shape index (κ3) is 3.60. The van der Waals surface area contributed by atoms with Crippen molar-refractivity contribution in [3.8, 4) is 0 Å². The number of nitrogens with zero attached hydrogens (tertiary/aromatic N) is 2. The van der Waals surface area contributed by atoms with Crippen molar-refractivity contribution in [2.45, 2.75) is 26.2 Å². The summed E-state index contributed by atoms with van der Waals surface area (Å²) in [7, 11) is 0. The van der Waals surface area contributed by atoms with Crippen LogP contribution in [0.25, 0.3) is 10.9 Å². The lowest BCUT2D eigenvalue weighted by Crippen LogP contribution is -2.44. The Hall–Kier alpha value is -3.74. The van der Waals surface area contributed by atoms with Gasteiger partial charge in [-0.1, -0.05) is 37.3 Å². The van der Waals surface area contributed by atoms with E-state index in [2.05, 4.69) is 12.2 Å². The number of hydrogen-bond acceptors (Lipinski definition) is 5. The van der Waals surface area contributed by atoms with Crippen molar-refractivity contribution in [1.29, 1.82) is 0 Å². The van der Waals surface area contributed by atoms with E-state index in [9.17, 15) is 14.4 Å². The number of hydrogen-bond donors (Lipinski definition) is 1. The van der Waals surface area contributed by atoms with Crippen LogP contribution in [-0.4, -0.2) is 35.9 Å². The lowest BCUT2D eigenvalue weighted by molar-refractivity contribution is -0.124. The topological polar surface area (TPSA) is 88.6 Å². The number of nitrogens with one attached hydrogen (secondary N) is 1. The average molecular weight is 429 g/mol. The van der Waals surface area contributed by atoms with Gasteiger partial charge in [0.15, 0.2) is 6.61 Å². The SMILES string of the molecule is CC1CCc2nc3ccccc3c(C(=O)OCC(=O)N3CC(=O)Nc4ccccc43)c2C1. The van der Waals surface area contributed by atoms with E-state index in [0.717, 1.165) is 41.4 Å². The third-order valence-electron chi connectivity index (χ3n) is 6.11. The van der Waals surface area contributed by atoms with Gasteiger partial charge in [0, 0.05) is 11.1 Å². The molecule has 0 bridgehead atoms. The normalized spacial score (nSPS) is 17.3. The zero-order chi connectivity index (χ0) is 22.2.